The second-order valence-corrected chi connectivity index (χ2v) is 4.49. The van der Waals surface area contributed by atoms with E-state index >= 15 is 0 Å². The number of halogens is 1. The van der Waals surface area contributed by atoms with Gasteiger partial charge in [-0.25, -0.2) is 9.97 Å². The summed E-state index contributed by atoms with van der Waals surface area (Å²) in [6.45, 7) is 1.75. The molecule has 88 valence electrons. The fourth-order valence-corrected chi connectivity index (χ4v) is 1.60. The Hall–Kier alpha value is -1.46. The lowest BCUT2D eigenvalue weighted by atomic mass is 10.2. The Bertz CT molecular complexity index is 482. The van der Waals surface area contributed by atoms with Crippen LogP contribution in [0.15, 0.2) is 41.1 Å². The molecular weight excluding hydrogens is 282 g/mol. The minimum absolute atomic E-state index is 0.364. The van der Waals surface area contributed by atoms with Crippen LogP contribution in [0.4, 0.5) is 0 Å². The van der Waals surface area contributed by atoms with Gasteiger partial charge in [-0.15, -0.1) is 0 Å². The lowest BCUT2D eigenvalue weighted by Crippen LogP contribution is -2.22. The van der Waals surface area contributed by atoms with Gasteiger partial charge in [-0.1, -0.05) is 28.1 Å². The zero-order chi connectivity index (χ0) is 12.3. The van der Waals surface area contributed by atoms with Gasteiger partial charge < -0.3 is 4.74 Å². The molecule has 0 bridgehead atoms. The van der Waals surface area contributed by atoms with Crippen molar-refractivity contribution in [2.24, 2.45) is 5.73 Å². The molecule has 17 heavy (non-hydrogen) atoms. The molecule has 0 aliphatic rings. The number of ether oxygens (including phenoxy) is 1. The lowest BCUT2D eigenvalue weighted by Gasteiger charge is -2.08. The van der Waals surface area contributed by atoms with Gasteiger partial charge in [0, 0.05) is 10.0 Å². The first-order valence-corrected chi connectivity index (χ1v) is 5.94. The largest absolute Gasteiger partial charge is 0.473 e. The third kappa shape index (κ3) is 3.25. The zero-order valence-corrected chi connectivity index (χ0v) is 10.9. The van der Waals surface area contributed by atoms with Gasteiger partial charge in [-0.2, -0.15) is 0 Å². The van der Waals surface area contributed by atoms with Crippen LogP contribution in [-0.4, -0.2) is 16.2 Å². The highest BCUT2D eigenvalue weighted by Crippen LogP contribution is 2.19. The number of aromatic nitrogens is 2. The summed E-state index contributed by atoms with van der Waals surface area (Å²) in [6, 6.07) is 7.80. The molecule has 1 heterocycles. The molecule has 4 nitrogen and oxygen atoms in total. The molecule has 1 unspecified atom stereocenters. The summed E-state index contributed by atoms with van der Waals surface area (Å²) in [6.07, 6.45) is 2.87. The second-order valence-electron chi connectivity index (χ2n) is 3.57. The quantitative estimate of drug-likeness (QED) is 0.884. The molecule has 2 N–H and O–H groups in total. The predicted octanol–water partition coefficient (Wildman–Crippen LogP) is 2.59. The fourth-order valence-electron chi connectivity index (χ4n) is 1.34. The molecule has 2 aromatic rings. The first-order valence-electron chi connectivity index (χ1n) is 5.15. The van der Waals surface area contributed by atoms with Crippen LogP contribution in [0.5, 0.6) is 5.75 Å². The number of nitrogens with two attached hydrogens (primary N) is 1. The maximum absolute atomic E-state index is 5.51. The average Bonchev–Trinajstić information content (AvgIpc) is 2.30. The van der Waals surface area contributed by atoms with E-state index in [-0.39, 0.29) is 6.23 Å². The minimum atomic E-state index is -0.364. The highest BCUT2D eigenvalue weighted by atomic mass is 79.9. The first-order chi connectivity index (χ1) is 8.15. The molecule has 0 spiro atoms. The summed E-state index contributed by atoms with van der Waals surface area (Å²) >= 11 is 3.38. The second kappa shape index (κ2) is 5.25. The molecular formula is C12H12BrN3O. The fraction of sp³-hybridized carbons (Fsp3) is 0.167. The topological polar surface area (TPSA) is 61.0 Å². The van der Waals surface area contributed by atoms with E-state index in [1.165, 1.54) is 0 Å². The van der Waals surface area contributed by atoms with Crippen LogP contribution in [0.2, 0.25) is 0 Å². The van der Waals surface area contributed by atoms with Crippen molar-refractivity contribution >= 4 is 15.9 Å². The Labute approximate surface area is 108 Å². The Morgan fingerprint density at radius 3 is 2.29 bits per heavy atom. The average molecular weight is 294 g/mol. The van der Waals surface area contributed by atoms with Crippen LogP contribution >= 0.6 is 15.9 Å². The third-order valence-corrected chi connectivity index (χ3v) is 2.58. The van der Waals surface area contributed by atoms with Gasteiger partial charge in [0.05, 0.1) is 12.4 Å². The van der Waals surface area contributed by atoms with E-state index in [0.29, 0.717) is 11.6 Å². The van der Waals surface area contributed by atoms with Gasteiger partial charge >= 0.3 is 0 Å². The summed E-state index contributed by atoms with van der Waals surface area (Å²) in [5.41, 5.74) is 6.47. The van der Waals surface area contributed by atoms with E-state index in [1.54, 1.807) is 19.3 Å². The van der Waals surface area contributed by atoms with Crippen molar-refractivity contribution in [1.82, 2.24) is 9.97 Å². The number of hydrogen-bond donors (Lipinski definition) is 1. The zero-order valence-electron chi connectivity index (χ0n) is 9.30. The molecule has 0 fully saturated rings. The van der Waals surface area contributed by atoms with Crippen LogP contribution in [-0.2, 0) is 0 Å². The van der Waals surface area contributed by atoms with Gasteiger partial charge in [-0.3, -0.25) is 5.73 Å². The number of nitrogens with zero attached hydrogens (tertiary/aromatic N) is 2. The van der Waals surface area contributed by atoms with Crippen LogP contribution in [0, 0.1) is 0 Å². The molecule has 0 radical (unpaired) electrons. The van der Waals surface area contributed by atoms with E-state index < -0.39 is 0 Å². The summed E-state index contributed by atoms with van der Waals surface area (Å²) in [7, 11) is 0. The summed E-state index contributed by atoms with van der Waals surface area (Å²) in [5, 5.41) is 0. The van der Waals surface area contributed by atoms with Crippen LogP contribution in [0.1, 0.15) is 6.92 Å². The first kappa shape index (κ1) is 12.0. The van der Waals surface area contributed by atoms with E-state index in [9.17, 15) is 0 Å². The summed E-state index contributed by atoms with van der Waals surface area (Å²) in [4.78, 5) is 8.45. The van der Waals surface area contributed by atoms with Gasteiger partial charge in [0.2, 0.25) is 0 Å². The van der Waals surface area contributed by atoms with Gasteiger partial charge in [-0.05, 0) is 19.1 Å². The molecule has 0 saturated carbocycles. The van der Waals surface area contributed by atoms with Gasteiger partial charge in [0.25, 0.3) is 0 Å². The number of hydrogen-bond acceptors (Lipinski definition) is 4. The molecule has 2 rings (SSSR count). The standard InChI is InChI=1S/C12H12BrN3O/c1-8(14)17-11-6-15-12(16-7-11)9-2-4-10(13)5-3-9/h2-8H,14H2,1H3. The van der Waals surface area contributed by atoms with Crippen molar-refractivity contribution in [3.05, 3.63) is 41.1 Å². The lowest BCUT2D eigenvalue weighted by molar-refractivity contribution is 0.228. The maximum Gasteiger partial charge on any atom is 0.159 e. The van der Waals surface area contributed by atoms with Crippen LogP contribution in [0.25, 0.3) is 11.4 Å². The molecule has 0 aliphatic heterocycles. The Morgan fingerprint density at radius 2 is 1.76 bits per heavy atom. The van der Waals surface area contributed by atoms with Crippen molar-refractivity contribution in [3.63, 3.8) is 0 Å². The van der Waals surface area contributed by atoms with E-state index in [4.69, 9.17) is 10.5 Å². The van der Waals surface area contributed by atoms with Crippen molar-refractivity contribution < 1.29 is 4.74 Å². The van der Waals surface area contributed by atoms with Crippen molar-refractivity contribution in [2.45, 2.75) is 13.2 Å². The maximum atomic E-state index is 5.51. The van der Waals surface area contributed by atoms with E-state index in [0.717, 1.165) is 10.0 Å². The summed E-state index contributed by atoms with van der Waals surface area (Å²) < 4.78 is 6.30. The molecule has 1 aromatic heterocycles. The predicted molar refractivity (Wildman–Crippen MR) is 69.4 cm³/mol. The van der Waals surface area contributed by atoms with Crippen molar-refractivity contribution in [3.8, 4) is 17.1 Å². The Morgan fingerprint density at radius 1 is 1.18 bits per heavy atom. The highest BCUT2D eigenvalue weighted by molar-refractivity contribution is 9.10. The molecule has 0 aliphatic carbocycles. The monoisotopic (exact) mass is 293 g/mol. The van der Waals surface area contributed by atoms with E-state index in [2.05, 4.69) is 25.9 Å². The minimum Gasteiger partial charge on any atom is -0.473 e. The van der Waals surface area contributed by atoms with Crippen LogP contribution in [0.3, 0.4) is 0 Å². The molecule has 0 amide bonds. The van der Waals surface area contributed by atoms with Gasteiger partial charge in [0.15, 0.2) is 11.6 Å². The molecule has 5 heteroatoms. The van der Waals surface area contributed by atoms with E-state index in [1.807, 2.05) is 24.3 Å². The summed E-state index contributed by atoms with van der Waals surface area (Å²) in [5.74, 6) is 1.23. The van der Waals surface area contributed by atoms with Crippen LogP contribution < -0.4 is 10.5 Å². The SMILES string of the molecule is CC(N)Oc1cnc(-c2ccc(Br)cc2)nc1. The van der Waals surface area contributed by atoms with Crippen molar-refractivity contribution in [1.29, 1.82) is 0 Å². The number of rotatable bonds is 3. The normalized spacial score (nSPS) is 12.2. The molecule has 1 atom stereocenters. The third-order valence-electron chi connectivity index (χ3n) is 2.05. The highest BCUT2D eigenvalue weighted by Gasteiger charge is 2.03. The Balaban J connectivity index is 2.20. The Kier molecular flexibility index (Phi) is 3.71. The van der Waals surface area contributed by atoms with Gasteiger partial charge in [0.1, 0.15) is 6.23 Å². The molecule has 1 aromatic carbocycles. The molecule has 0 saturated heterocycles. The smallest absolute Gasteiger partial charge is 0.159 e. The number of benzene rings is 1. The van der Waals surface area contributed by atoms with Crippen molar-refractivity contribution in [2.75, 3.05) is 0 Å².